The maximum absolute atomic E-state index is 12.3. The highest BCUT2D eigenvalue weighted by molar-refractivity contribution is 5.80. The molecule has 0 radical (unpaired) electrons. The summed E-state index contributed by atoms with van der Waals surface area (Å²) in [6, 6.07) is 0.237. The van der Waals surface area contributed by atoms with Crippen molar-refractivity contribution >= 4 is 11.8 Å². The Labute approximate surface area is 145 Å². The van der Waals surface area contributed by atoms with Gasteiger partial charge in [0, 0.05) is 24.4 Å². The lowest BCUT2D eigenvalue weighted by atomic mass is 9.85. The molecule has 3 rings (SSSR count). The molecule has 0 aliphatic heterocycles. The van der Waals surface area contributed by atoms with Crippen LogP contribution in [0.25, 0.3) is 0 Å². The van der Waals surface area contributed by atoms with Gasteiger partial charge < -0.3 is 15.7 Å². The number of carbonyl (C=O) groups is 2. The Balaban J connectivity index is 1.36. The molecular formula is C19H32N2O3. The van der Waals surface area contributed by atoms with E-state index in [1.165, 1.54) is 12.8 Å². The van der Waals surface area contributed by atoms with E-state index in [1.54, 1.807) is 0 Å². The Hall–Kier alpha value is -1.10. The molecule has 0 atom stereocenters. The summed E-state index contributed by atoms with van der Waals surface area (Å²) in [6.07, 6.45) is 11.6. The fourth-order valence-corrected chi connectivity index (χ4v) is 4.61. The number of amides is 2. The van der Waals surface area contributed by atoms with Gasteiger partial charge in [-0.2, -0.15) is 0 Å². The van der Waals surface area contributed by atoms with Gasteiger partial charge in [0.2, 0.25) is 11.8 Å². The van der Waals surface area contributed by atoms with E-state index in [4.69, 9.17) is 0 Å². The van der Waals surface area contributed by atoms with Crippen molar-refractivity contribution in [2.75, 3.05) is 6.54 Å². The van der Waals surface area contributed by atoms with E-state index < -0.39 is 5.60 Å². The summed E-state index contributed by atoms with van der Waals surface area (Å²) in [7, 11) is 0. The molecular weight excluding hydrogens is 304 g/mol. The van der Waals surface area contributed by atoms with Crippen LogP contribution in [0.1, 0.15) is 77.0 Å². The summed E-state index contributed by atoms with van der Waals surface area (Å²) >= 11 is 0. The van der Waals surface area contributed by atoms with Crippen LogP contribution in [0.2, 0.25) is 0 Å². The molecule has 0 aromatic carbocycles. The number of nitrogens with one attached hydrogen (secondary N) is 2. The third kappa shape index (κ3) is 4.50. The lowest BCUT2D eigenvalue weighted by Crippen LogP contribution is -2.45. The molecule has 5 nitrogen and oxygen atoms in total. The van der Waals surface area contributed by atoms with Gasteiger partial charge in [-0.3, -0.25) is 9.59 Å². The minimum atomic E-state index is -0.678. The molecule has 0 spiro atoms. The molecule has 3 aliphatic carbocycles. The number of hydrogen-bond donors (Lipinski definition) is 3. The molecule has 0 bridgehead atoms. The second-order valence-electron chi connectivity index (χ2n) is 8.19. The Morgan fingerprint density at radius 3 is 2.04 bits per heavy atom. The van der Waals surface area contributed by atoms with E-state index in [0.717, 1.165) is 64.2 Å². The molecule has 3 aliphatic rings. The Bertz CT molecular complexity index is 446. The lowest BCUT2D eigenvalue weighted by molar-refractivity contribution is -0.127. The van der Waals surface area contributed by atoms with E-state index in [1.807, 2.05) is 0 Å². The lowest BCUT2D eigenvalue weighted by Gasteiger charge is -2.30. The van der Waals surface area contributed by atoms with E-state index >= 15 is 0 Å². The van der Waals surface area contributed by atoms with E-state index in [-0.39, 0.29) is 29.7 Å². The molecule has 3 saturated carbocycles. The van der Waals surface area contributed by atoms with E-state index in [2.05, 4.69) is 10.6 Å². The molecule has 2 amide bonds. The highest BCUT2D eigenvalue weighted by Crippen LogP contribution is 2.30. The zero-order valence-corrected chi connectivity index (χ0v) is 14.7. The van der Waals surface area contributed by atoms with Crippen molar-refractivity contribution in [3.8, 4) is 0 Å². The van der Waals surface area contributed by atoms with Gasteiger partial charge in [-0.15, -0.1) is 0 Å². The Morgan fingerprint density at radius 1 is 0.833 bits per heavy atom. The van der Waals surface area contributed by atoms with Crippen molar-refractivity contribution in [3.63, 3.8) is 0 Å². The van der Waals surface area contributed by atoms with Gasteiger partial charge >= 0.3 is 0 Å². The van der Waals surface area contributed by atoms with Gasteiger partial charge in [0.05, 0.1) is 5.60 Å². The quantitative estimate of drug-likeness (QED) is 0.721. The number of carbonyl (C=O) groups excluding carboxylic acids is 2. The minimum absolute atomic E-state index is 0.0367. The molecule has 3 fully saturated rings. The summed E-state index contributed by atoms with van der Waals surface area (Å²) in [6.45, 7) is 0.393. The molecule has 0 saturated heterocycles. The summed E-state index contributed by atoms with van der Waals surface area (Å²) in [4.78, 5) is 24.5. The first-order chi connectivity index (χ1) is 11.6. The molecule has 0 aromatic rings. The summed E-state index contributed by atoms with van der Waals surface area (Å²) in [5, 5.41) is 16.5. The van der Waals surface area contributed by atoms with Crippen molar-refractivity contribution < 1.29 is 14.7 Å². The van der Waals surface area contributed by atoms with Crippen LogP contribution in [0.4, 0.5) is 0 Å². The highest BCUT2D eigenvalue weighted by Gasteiger charge is 2.33. The van der Waals surface area contributed by atoms with Gasteiger partial charge in [0.1, 0.15) is 0 Å². The topological polar surface area (TPSA) is 78.4 Å². The maximum atomic E-state index is 12.3. The normalized spacial score (nSPS) is 30.2. The molecule has 3 N–H and O–H groups in total. The fourth-order valence-electron chi connectivity index (χ4n) is 4.61. The number of aliphatic hydroxyl groups is 1. The van der Waals surface area contributed by atoms with E-state index in [9.17, 15) is 14.7 Å². The zero-order chi connectivity index (χ0) is 17.0. The zero-order valence-electron chi connectivity index (χ0n) is 14.7. The molecule has 0 unspecified atom stereocenters. The first kappa shape index (κ1) is 17.7. The largest absolute Gasteiger partial charge is 0.388 e. The summed E-state index contributed by atoms with van der Waals surface area (Å²) < 4.78 is 0. The molecule has 0 heterocycles. The summed E-state index contributed by atoms with van der Waals surface area (Å²) in [5.41, 5.74) is -0.678. The van der Waals surface area contributed by atoms with Gasteiger partial charge in [-0.1, -0.05) is 25.7 Å². The minimum Gasteiger partial charge on any atom is -0.388 e. The van der Waals surface area contributed by atoms with Crippen LogP contribution < -0.4 is 10.6 Å². The highest BCUT2D eigenvalue weighted by atomic mass is 16.3. The fraction of sp³-hybridized carbons (Fsp3) is 0.895. The molecule has 5 heteroatoms. The monoisotopic (exact) mass is 336 g/mol. The Kier molecular flexibility index (Phi) is 5.80. The van der Waals surface area contributed by atoms with Crippen molar-refractivity contribution in [2.24, 2.45) is 11.8 Å². The number of rotatable bonds is 5. The van der Waals surface area contributed by atoms with Crippen LogP contribution >= 0.6 is 0 Å². The first-order valence-corrected chi connectivity index (χ1v) is 9.86. The van der Waals surface area contributed by atoms with Crippen LogP contribution in [-0.2, 0) is 9.59 Å². The van der Waals surface area contributed by atoms with Gasteiger partial charge in [-0.25, -0.2) is 0 Å². The average molecular weight is 336 g/mol. The van der Waals surface area contributed by atoms with Crippen LogP contribution in [0, 0.1) is 11.8 Å². The predicted molar refractivity (Wildman–Crippen MR) is 92.3 cm³/mol. The van der Waals surface area contributed by atoms with E-state index in [0.29, 0.717) is 6.54 Å². The predicted octanol–water partition coefficient (Wildman–Crippen LogP) is 2.27. The van der Waals surface area contributed by atoms with Gasteiger partial charge in [-0.05, 0) is 51.4 Å². The molecule has 136 valence electrons. The summed E-state index contributed by atoms with van der Waals surface area (Å²) in [5.74, 6) is 0.563. The van der Waals surface area contributed by atoms with Crippen molar-refractivity contribution in [1.29, 1.82) is 0 Å². The van der Waals surface area contributed by atoms with Crippen LogP contribution in [0.15, 0.2) is 0 Å². The Morgan fingerprint density at radius 2 is 1.42 bits per heavy atom. The molecule has 0 aromatic heterocycles. The SMILES string of the molecule is O=C(NCC1(O)CCCC1)C1CCC(NC(=O)C2CCCC2)CC1. The average Bonchev–Trinajstić information content (AvgIpc) is 3.25. The van der Waals surface area contributed by atoms with Gasteiger partial charge in [0.15, 0.2) is 0 Å². The second kappa shape index (κ2) is 7.85. The van der Waals surface area contributed by atoms with Crippen LogP contribution in [0.5, 0.6) is 0 Å². The van der Waals surface area contributed by atoms with Crippen molar-refractivity contribution in [2.45, 2.75) is 88.7 Å². The standard InChI is InChI=1S/C19H32N2O3/c22-17(20-13-19(24)11-3-4-12-19)15-7-9-16(10-8-15)21-18(23)14-5-1-2-6-14/h14-16,24H,1-13H2,(H,20,22)(H,21,23). The third-order valence-electron chi connectivity index (χ3n) is 6.30. The second-order valence-corrected chi connectivity index (χ2v) is 8.19. The number of hydrogen-bond acceptors (Lipinski definition) is 3. The molecule has 24 heavy (non-hydrogen) atoms. The van der Waals surface area contributed by atoms with Crippen LogP contribution in [-0.4, -0.2) is 35.1 Å². The smallest absolute Gasteiger partial charge is 0.223 e. The van der Waals surface area contributed by atoms with Crippen molar-refractivity contribution in [1.82, 2.24) is 10.6 Å². The van der Waals surface area contributed by atoms with Gasteiger partial charge in [0.25, 0.3) is 0 Å². The third-order valence-corrected chi connectivity index (χ3v) is 6.30. The van der Waals surface area contributed by atoms with Crippen molar-refractivity contribution in [3.05, 3.63) is 0 Å². The maximum Gasteiger partial charge on any atom is 0.223 e. The van der Waals surface area contributed by atoms with Crippen LogP contribution in [0.3, 0.4) is 0 Å². The first-order valence-electron chi connectivity index (χ1n) is 9.86.